The Morgan fingerprint density at radius 3 is 2.85 bits per heavy atom. The van der Waals surface area contributed by atoms with E-state index >= 15 is 0 Å². The van der Waals surface area contributed by atoms with E-state index in [1.54, 1.807) is 18.2 Å². The lowest BCUT2D eigenvalue weighted by molar-refractivity contribution is -0.123. The third kappa shape index (κ3) is 2.42. The average molecular weight is 273 g/mol. The Morgan fingerprint density at radius 1 is 1.30 bits per heavy atom. The molecule has 1 aliphatic heterocycles. The van der Waals surface area contributed by atoms with Gasteiger partial charge in [0.2, 0.25) is 5.91 Å². The third-order valence-corrected chi connectivity index (χ3v) is 3.49. The molecule has 1 N–H and O–H groups in total. The lowest BCUT2D eigenvalue weighted by Gasteiger charge is -2.21. The summed E-state index contributed by atoms with van der Waals surface area (Å²) in [6.45, 7) is 1.17. The normalized spacial score (nSPS) is 16.2. The SMILES string of the molecule is O=C(Nn1cnc2ccccc2c1=O)C1CCOCC1. The van der Waals surface area contributed by atoms with Crippen molar-refractivity contribution in [2.75, 3.05) is 18.6 Å². The van der Waals surface area contributed by atoms with Crippen LogP contribution in [0.1, 0.15) is 12.8 Å². The molecule has 1 fully saturated rings. The van der Waals surface area contributed by atoms with Gasteiger partial charge in [-0.2, -0.15) is 0 Å². The van der Waals surface area contributed by atoms with E-state index in [1.807, 2.05) is 6.07 Å². The van der Waals surface area contributed by atoms with Crippen LogP contribution in [0.4, 0.5) is 0 Å². The van der Waals surface area contributed by atoms with E-state index in [2.05, 4.69) is 10.4 Å². The number of hydrogen-bond donors (Lipinski definition) is 1. The molecule has 1 saturated heterocycles. The molecule has 0 spiro atoms. The van der Waals surface area contributed by atoms with E-state index < -0.39 is 0 Å². The number of hydrogen-bond acceptors (Lipinski definition) is 4. The Hall–Kier alpha value is -2.21. The Labute approximate surface area is 115 Å². The lowest BCUT2D eigenvalue weighted by atomic mass is 10.00. The van der Waals surface area contributed by atoms with Gasteiger partial charge in [-0.25, -0.2) is 9.66 Å². The maximum Gasteiger partial charge on any atom is 0.280 e. The van der Waals surface area contributed by atoms with Gasteiger partial charge in [-0.05, 0) is 25.0 Å². The highest BCUT2D eigenvalue weighted by Crippen LogP contribution is 2.14. The van der Waals surface area contributed by atoms with Gasteiger partial charge in [0.25, 0.3) is 5.56 Å². The maximum absolute atomic E-state index is 12.2. The van der Waals surface area contributed by atoms with Gasteiger partial charge in [0.05, 0.1) is 10.9 Å². The minimum atomic E-state index is -0.268. The number of carbonyl (C=O) groups is 1. The first-order chi connectivity index (χ1) is 9.75. The third-order valence-electron chi connectivity index (χ3n) is 3.49. The summed E-state index contributed by atoms with van der Waals surface area (Å²) in [6.07, 6.45) is 2.71. The molecule has 0 radical (unpaired) electrons. The van der Waals surface area contributed by atoms with Crippen LogP contribution in [0, 0.1) is 5.92 Å². The molecule has 6 nitrogen and oxygen atoms in total. The molecule has 1 aromatic carbocycles. The number of aromatic nitrogens is 2. The molecular weight excluding hydrogens is 258 g/mol. The summed E-state index contributed by atoms with van der Waals surface area (Å²) in [4.78, 5) is 28.5. The zero-order valence-corrected chi connectivity index (χ0v) is 10.9. The standard InChI is InChI=1S/C14H15N3O3/c18-13(10-5-7-20-8-6-10)16-17-9-15-12-4-2-1-3-11(12)14(17)19/h1-4,9-10H,5-8H2,(H,16,18). The fourth-order valence-corrected chi connectivity index (χ4v) is 2.32. The second kappa shape index (κ2) is 5.42. The minimum Gasteiger partial charge on any atom is -0.381 e. The van der Waals surface area contributed by atoms with Crippen molar-refractivity contribution in [3.63, 3.8) is 0 Å². The van der Waals surface area contributed by atoms with Gasteiger partial charge < -0.3 is 4.74 Å². The Balaban J connectivity index is 1.85. The molecule has 1 aromatic heterocycles. The number of ether oxygens (including phenoxy) is 1. The van der Waals surface area contributed by atoms with Crippen molar-refractivity contribution in [1.29, 1.82) is 0 Å². The summed E-state index contributed by atoms with van der Waals surface area (Å²) >= 11 is 0. The molecule has 1 aliphatic rings. The van der Waals surface area contributed by atoms with E-state index in [9.17, 15) is 9.59 Å². The van der Waals surface area contributed by atoms with Crippen LogP contribution in [-0.4, -0.2) is 28.8 Å². The van der Waals surface area contributed by atoms with Crippen LogP contribution in [0.3, 0.4) is 0 Å². The van der Waals surface area contributed by atoms with E-state index in [1.165, 1.54) is 6.33 Å². The quantitative estimate of drug-likeness (QED) is 0.882. The van der Waals surface area contributed by atoms with Crippen LogP contribution in [0.5, 0.6) is 0 Å². The molecule has 0 aliphatic carbocycles. The topological polar surface area (TPSA) is 73.2 Å². The highest BCUT2D eigenvalue weighted by atomic mass is 16.5. The largest absolute Gasteiger partial charge is 0.381 e. The first-order valence-corrected chi connectivity index (χ1v) is 6.61. The minimum absolute atomic E-state index is 0.109. The predicted molar refractivity (Wildman–Crippen MR) is 73.9 cm³/mol. The number of para-hydroxylation sites is 1. The van der Waals surface area contributed by atoms with Crippen molar-refractivity contribution in [3.05, 3.63) is 40.9 Å². The summed E-state index contributed by atoms with van der Waals surface area (Å²) in [7, 11) is 0. The van der Waals surface area contributed by atoms with Crippen LogP contribution in [-0.2, 0) is 9.53 Å². The molecule has 6 heteroatoms. The van der Waals surface area contributed by atoms with Gasteiger partial charge in [-0.1, -0.05) is 12.1 Å². The van der Waals surface area contributed by atoms with Gasteiger partial charge in [-0.15, -0.1) is 0 Å². The van der Waals surface area contributed by atoms with Crippen LogP contribution >= 0.6 is 0 Å². The number of nitrogens with zero attached hydrogens (tertiary/aromatic N) is 2. The predicted octanol–water partition coefficient (Wildman–Crippen LogP) is 0.893. The number of carbonyl (C=O) groups excluding carboxylic acids is 1. The van der Waals surface area contributed by atoms with Gasteiger partial charge >= 0.3 is 0 Å². The molecule has 0 bridgehead atoms. The highest BCUT2D eigenvalue weighted by molar-refractivity contribution is 5.86. The number of amides is 1. The van der Waals surface area contributed by atoms with E-state index in [-0.39, 0.29) is 17.4 Å². The zero-order valence-electron chi connectivity index (χ0n) is 10.9. The fourth-order valence-electron chi connectivity index (χ4n) is 2.32. The molecule has 3 rings (SSSR count). The first kappa shape index (κ1) is 12.8. The van der Waals surface area contributed by atoms with E-state index in [4.69, 9.17) is 4.74 Å². The molecule has 20 heavy (non-hydrogen) atoms. The molecule has 104 valence electrons. The van der Waals surface area contributed by atoms with Gasteiger partial charge in [0.1, 0.15) is 6.33 Å². The molecule has 1 amide bonds. The molecule has 0 atom stereocenters. The summed E-state index contributed by atoms with van der Waals surface area (Å²) in [6, 6.07) is 7.05. The van der Waals surface area contributed by atoms with E-state index in [0.717, 1.165) is 4.68 Å². The summed E-state index contributed by atoms with van der Waals surface area (Å²) in [5, 5.41) is 0.488. The maximum atomic E-state index is 12.2. The zero-order chi connectivity index (χ0) is 13.9. The fraction of sp³-hybridized carbons (Fsp3) is 0.357. The van der Waals surface area contributed by atoms with E-state index in [0.29, 0.717) is 37.0 Å². The smallest absolute Gasteiger partial charge is 0.280 e. The molecule has 0 unspecified atom stereocenters. The molecule has 2 aromatic rings. The van der Waals surface area contributed by atoms with Crippen molar-refractivity contribution in [2.24, 2.45) is 5.92 Å². The van der Waals surface area contributed by atoms with Gasteiger partial charge in [0, 0.05) is 19.1 Å². The van der Waals surface area contributed by atoms with Gasteiger partial charge in [0.15, 0.2) is 0 Å². The molecule has 2 heterocycles. The summed E-state index contributed by atoms with van der Waals surface area (Å²) in [5.74, 6) is -0.269. The van der Waals surface area contributed by atoms with Crippen LogP contribution in [0.15, 0.2) is 35.4 Å². The molecular formula is C14H15N3O3. The van der Waals surface area contributed by atoms with Crippen molar-refractivity contribution in [2.45, 2.75) is 12.8 Å². The van der Waals surface area contributed by atoms with Crippen LogP contribution in [0.2, 0.25) is 0 Å². The van der Waals surface area contributed by atoms with Crippen molar-refractivity contribution in [3.8, 4) is 0 Å². The second-order valence-corrected chi connectivity index (χ2v) is 4.80. The highest BCUT2D eigenvalue weighted by Gasteiger charge is 2.22. The number of rotatable bonds is 2. The van der Waals surface area contributed by atoms with Crippen molar-refractivity contribution < 1.29 is 9.53 Å². The average Bonchev–Trinajstić information content (AvgIpc) is 2.51. The van der Waals surface area contributed by atoms with Crippen molar-refractivity contribution >= 4 is 16.8 Å². The number of fused-ring (bicyclic) bond motifs is 1. The monoisotopic (exact) mass is 273 g/mol. The first-order valence-electron chi connectivity index (χ1n) is 6.61. The Morgan fingerprint density at radius 2 is 2.05 bits per heavy atom. The van der Waals surface area contributed by atoms with Gasteiger partial charge in [-0.3, -0.25) is 15.0 Å². The van der Waals surface area contributed by atoms with Crippen LogP contribution < -0.4 is 11.0 Å². The number of benzene rings is 1. The lowest BCUT2D eigenvalue weighted by Crippen LogP contribution is -2.38. The second-order valence-electron chi connectivity index (χ2n) is 4.80. The number of nitrogens with one attached hydrogen (secondary N) is 1. The summed E-state index contributed by atoms with van der Waals surface area (Å²) < 4.78 is 6.37. The Kier molecular flexibility index (Phi) is 3.47. The van der Waals surface area contributed by atoms with Crippen molar-refractivity contribution in [1.82, 2.24) is 9.66 Å². The van der Waals surface area contributed by atoms with Crippen LogP contribution in [0.25, 0.3) is 10.9 Å². The summed E-state index contributed by atoms with van der Waals surface area (Å²) in [5.41, 5.74) is 2.97. The Bertz CT molecular complexity index is 689. The molecule has 0 saturated carbocycles.